The van der Waals surface area contributed by atoms with Crippen LogP contribution in [-0.2, 0) is 12.0 Å². The van der Waals surface area contributed by atoms with E-state index in [-0.39, 0.29) is 5.41 Å². The summed E-state index contributed by atoms with van der Waals surface area (Å²) in [7, 11) is 2.01. The Labute approximate surface area is 130 Å². The molecule has 1 unspecified atom stereocenters. The molecule has 0 spiro atoms. The van der Waals surface area contributed by atoms with Gasteiger partial charge in [0.25, 0.3) is 0 Å². The molecule has 2 heterocycles. The van der Waals surface area contributed by atoms with Crippen molar-refractivity contribution < 1.29 is 0 Å². The molecule has 1 aromatic heterocycles. The fraction of sp³-hybridized carbons (Fsp3) is 0.722. The van der Waals surface area contributed by atoms with Gasteiger partial charge in [0, 0.05) is 30.2 Å². The molecule has 3 nitrogen and oxygen atoms in total. The maximum absolute atomic E-state index is 5.00. The summed E-state index contributed by atoms with van der Waals surface area (Å²) >= 11 is 0. The summed E-state index contributed by atoms with van der Waals surface area (Å²) in [4.78, 5) is 7.52. The van der Waals surface area contributed by atoms with Gasteiger partial charge in [0.05, 0.1) is 0 Å². The molecule has 3 heteroatoms. The molecule has 0 aliphatic carbocycles. The fourth-order valence-electron chi connectivity index (χ4n) is 3.02. The third kappa shape index (κ3) is 4.19. The van der Waals surface area contributed by atoms with Gasteiger partial charge in [-0.3, -0.25) is 0 Å². The first kappa shape index (κ1) is 16.3. The largest absolute Gasteiger partial charge is 0.354 e. The van der Waals surface area contributed by atoms with E-state index in [9.17, 15) is 0 Å². The highest BCUT2D eigenvalue weighted by Crippen LogP contribution is 2.28. The Morgan fingerprint density at radius 1 is 1.24 bits per heavy atom. The minimum absolute atomic E-state index is 0.0909. The first-order valence-corrected chi connectivity index (χ1v) is 8.34. The van der Waals surface area contributed by atoms with Crippen molar-refractivity contribution in [2.75, 3.05) is 18.5 Å². The number of hydrogen-bond acceptors (Lipinski definition) is 3. The van der Waals surface area contributed by atoms with Crippen LogP contribution in [0.2, 0.25) is 0 Å². The van der Waals surface area contributed by atoms with Crippen LogP contribution < -0.4 is 10.2 Å². The lowest BCUT2D eigenvalue weighted by Gasteiger charge is -2.30. The molecule has 1 fully saturated rings. The summed E-state index contributed by atoms with van der Waals surface area (Å²) < 4.78 is 0. The Morgan fingerprint density at radius 2 is 2.00 bits per heavy atom. The Balaban J connectivity index is 2.38. The van der Waals surface area contributed by atoms with Crippen LogP contribution in [-0.4, -0.2) is 24.6 Å². The fourth-order valence-corrected chi connectivity index (χ4v) is 3.02. The summed E-state index contributed by atoms with van der Waals surface area (Å²) in [5.41, 5.74) is 2.62. The van der Waals surface area contributed by atoms with Gasteiger partial charge in [-0.05, 0) is 44.5 Å². The van der Waals surface area contributed by atoms with Crippen molar-refractivity contribution in [3.8, 4) is 0 Å². The molecule has 0 aromatic carbocycles. The molecular formula is C18H31N3. The summed E-state index contributed by atoms with van der Waals surface area (Å²) in [5.74, 6) is 1.17. The van der Waals surface area contributed by atoms with E-state index in [4.69, 9.17) is 4.98 Å². The maximum Gasteiger partial charge on any atom is 0.129 e. The van der Waals surface area contributed by atoms with Crippen LogP contribution >= 0.6 is 0 Å². The second kappa shape index (κ2) is 6.78. The molecule has 0 bridgehead atoms. The predicted octanol–water partition coefficient (Wildman–Crippen LogP) is 3.87. The van der Waals surface area contributed by atoms with Crippen molar-refractivity contribution in [3.05, 3.63) is 23.4 Å². The lowest BCUT2D eigenvalue weighted by atomic mass is 9.90. The number of pyridine rings is 1. The number of rotatable bonds is 3. The highest BCUT2D eigenvalue weighted by Gasteiger charge is 2.22. The predicted molar refractivity (Wildman–Crippen MR) is 91.0 cm³/mol. The van der Waals surface area contributed by atoms with E-state index in [0.29, 0.717) is 6.04 Å². The van der Waals surface area contributed by atoms with Gasteiger partial charge in [-0.2, -0.15) is 0 Å². The number of nitrogens with zero attached hydrogens (tertiary/aromatic N) is 2. The van der Waals surface area contributed by atoms with Crippen LogP contribution in [0.5, 0.6) is 0 Å². The molecule has 118 valence electrons. The second-order valence-electron chi connectivity index (χ2n) is 7.39. The van der Waals surface area contributed by atoms with Crippen LogP contribution in [0, 0.1) is 0 Å². The molecule has 1 aliphatic rings. The molecule has 21 heavy (non-hydrogen) atoms. The Bertz CT molecular complexity index is 462. The van der Waals surface area contributed by atoms with Crippen molar-refractivity contribution in [1.29, 1.82) is 0 Å². The van der Waals surface area contributed by atoms with Gasteiger partial charge in [-0.1, -0.05) is 33.6 Å². The minimum Gasteiger partial charge on any atom is -0.354 e. The van der Waals surface area contributed by atoms with Gasteiger partial charge >= 0.3 is 0 Å². The van der Waals surface area contributed by atoms with Gasteiger partial charge in [0.15, 0.2) is 0 Å². The van der Waals surface area contributed by atoms with Gasteiger partial charge in [-0.25, -0.2) is 4.98 Å². The minimum atomic E-state index is 0.0909. The number of hydrogen-bond donors (Lipinski definition) is 1. The van der Waals surface area contributed by atoms with E-state index in [2.05, 4.69) is 50.0 Å². The smallest absolute Gasteiger partial charge is 0.129 e. The van der Waals surface area contributed by atoms with E-state index in [1.165, 1.54) is 42.8 Å². The van der Waals surface area contributed by atoms with E-state index < -0.39 is 0 Å². The normalized spacial score (nSPS) is 20.4. The molecule has 1 aliphatic heterocycles. The van der Waals surface area contributed by atoms with Crippen LogP contribution in [0.4, 0.5) is 5.82 Å². The molecule has 1 saturated heterocycles. The number of aromatic nitrogens is 1. The highest BCUT2D eigenvalue weighted by atomic mass is 15.2. The molecule has 0 saturated carbocycles. The Kier molecular flexibility index (Phi) is 5.26. The molecular weight excluding hydrogens is 258 g/mol. The van der Waals surface area contributed by atoms with Crippen LogP contribution in [0.25, 0.3) is 0 Å². The lowest BCUT2D eigenvalue weighted by Crippen LogP contribution is -2.34. The van der Waals surface area contributed by atoms with Gasteiger partial charge in [0.1, 0.15) is 5.82 Å². The number of nitrogens with one attached hydrogen (secondary N) is 1. The SMILES string of the molecule is CNCc1cc(N2CCCCCC2C)nc(C(C)(C)C)c1. The first-order chi connectivity index (χ1) is 9.91. The van der Waals surface area contributed by atoms with Crippen molar-refractivity contribution in [2.45, 2.75) is 71.4 Å². The van der Waals surface area contributed by atoms with E-state index in [1.54, 1.807) is 0 Å². The summed E-state index contributed by atoms with van der Waals surface area (Å²) in [5, 5.41) is 3.27. The van der Waals surface area contributed by atoms with E-state index in [0.717, 1.165) is 13.1 Å². The molecule has 0 amide bonds. The standard InChI is InChI=1S/C18H31N3/c1-14-9-7-6-8-10-21(14)17-12-15(13-19-5)11-16(20-17)18(2,3)4/h11-12,14,19H,6-10,13H2,1-5H3. The maximum atomic E-state index is 5.00. The van der Waals surface area contributed by atoms with Gasteiger partial charge in [0.2, 0.25) is 0 Å². The summed E-state index contributed by atoms with van der Waals surface area (Å²) in [6.07, 6.45) is 5.26. The monoisotopic (exact) mass is 289 g/mol. The van der Waals surface area contributed by atoms with Crippen LogP contribution in [0.1, 0.15) is 64.6 Å². The third-order valence-corrected chi connectivity index (χ3v) is 4.37. The first-order valence-electron chi connectivity index (χ1n) is 8.34. The van der Waals surface area contributed by atoms with Crippen molar-refractivity contribution in [2.24, 2.45) is 0 Å². The van der Waals surface area contributed by atoms with Crippen LogP contribution in [0.15, 0.2) is 12.1 Å². The van der Waals surface area contributed by atoms with Crippen LogP contribution in [0.3, 0.4) is 0 Å². The summed E-state index contributed by atoms with van der Waals surface area (Å²) in [6.45, 7) is 11.1. The Hall–Kier alpha value is -1.09. The molecule has 1 aromatic rings. The summed E-state index contributed by atoms with van der Waals surface area (Å²) in [6, 6.07) is 5.12. The molecule has 1 N–H and O–H groups in total. The zero-order valence-electron chi connectivity index (χ0n) is 14.4. The number of anilines is 1. The molecule has 1 atom stereocenters. The zero-order chi connectivity index (χ0) is 15.5. The average Bonchev–Trinajstić information content (AvgIpc) is 2.62. The zero-order valence-corrected chi connectivity index (χ0v) is 14.4. The average molecular weight is 289 g/mol. The highest BCUT2D eigenvalue weighted by molar-refractivity contribution is 5.45. The topological polar surface area (TPSA) is 28.2 Å². The van der Waals surface area contributed by atoms with E-state index in [1.807, 2.05) is 7.05 Å². The van der Waals surface area contributed by atoms with E-state index >= 15 is 0 Å². The third-order valence-electron chi connectivity index (χ3n) is 4.37. The van der Waals surface area contributed by atoms with Gasteiger partial charge in [-0.15, -0.1) is 0 Å². The molecule has 0 radical (unpaired) electrons. The van der Waals surface area contributed by atoms with Crippen molar-refractivity contribution in [1.82, 2.24) is 10.3 Å². The van der Waals surface area contributed by atoms with Crippen molar-refractivity contribution >= 4 is 5.82 Å². The molecule has 2 rings (SSSR count). The second-order valence-corrected chi connectivity index (χ2v) is 7.39. The lowest BCUT2D eigenvalue weighted by molar-refractivity contribution is 0.560. The quantitative estimate of drug-likeness (QED) is 0.915. The van der Waals surface area contributed by atoms with Gasteiger partial charge < -0.3 is 10.2 Å². The van der Waals surface area contributed by atoms with Crippen molar-refractivity contribution in [3.63, 3.8) is 0 Å². The Morgan fingerprint density at radius 3 is 2.67 bits per heavy atom.